The van der Waals surface area contributed by atoms with Crippen molar-refractivity contribution in [1.29, 1.82) is 0 Å². The lowest BCUT2D eigenvalue weighted by molar-refractivity contribution is -0.132. The Bertz CT molecular complexity index is 688. The lowest BCUT2D eigenvalue weighted by Crippen LogP contribution is -2.48. The Kier molecular flexibility index (Phi) is 4.63. The van der Waals surface area contributed by atoms with E-state index in [0.717, 1.165) is 44.2 Å². The zero-order valence-electron chi connectivity index (χ0n) is 13.9. The van der Waals surface area contributed by atoms with E-state index in [1.165, 1.54) is 23.5 Å². The molecule has 5 heteroatoms. The van der Waals surface area contributed by atoms with Gasteiger partial charge in [-0.1, -0.05) is 30.3 Å². The van der Waals surface area contributed by atoms with Gasteiger partial charge in [-0.25, -0.2) is 4.98 Å². The lowest BCUT2D eigenvalue weighted by Gasteiger charge is -2.34. The third kappa shape index (κ3) is 3.84. The van der Waals surface area contributed by atoms with Crippen LogP contribution < -0.4 is 0 Å². The van der Waals surface area contributed by atoms with Crippen molar-refractivity contribution in [2.75, 3.05) is 26.2 Å². The minimum Gasteiger partial charge on any atom is -0.340 e. The van der Waals surface area contributed by atoms with Gasteiger partial charge in [0, 0.05) is 37.5 Å². The fraction of sp³-hybridized carbons (Fsp3) is 0.474. The van der Waals surface area contributed by atoms with E-state index in [4.69, 9.17) is 4.98 Å². The van der Waals surface area contributed by atoms with Crippen LogP contribution in [0.3, 0.4) is 0 Å². The van der Waals surface area contributed by atoms with Crippen molar-refractivity contribution < 1.29 is 4.79 Å². The Labute approximate surface area is 147 Å². The highest BCUT2D eigenvalue weighted by Crippen LogP contribution is 2.40. The fourth-order valence-electron chi connectivity index (χ4n) is 3.19. The standard InChI is InChI=1S/C19H23N3OS/c23-19(12-15-4-2-1-3-5-15)22-10-8-21(9-11-22)13-18-20-17(14-24-18)16-6-7-16/h1-5,14,16H,6-13H2. The number of hydrogen-bond donors (Lipinski definition) is 0. The van der Waals surface area contributed by atoms with Gasteiger partial charge in [-0.2, -0.15) is 0 Å². The SMILES string of the molecule is O=C(Cc1ccccc1)N1CCN(Cc2nc(C3CC3)cs2)CC1. The molecule has 2 aliphatic rings. The molecular weight excluding hydrogens is 318 g/mol. The summed E-state index contributed by atoms with van der Waals surface area (Å²) in [6, 6.07) is 10.0. The summed E-state index contributed by atoms with van der Waals surface area (Å²) in [5, 5.41) is 3.45. The van der Waals surface area contributed by atoms with Crippen molar-refractivity contribution in [3.05, 3.63) is 52.0 Å². The Morgan fingerprint density at radius 2 is 1.88 bits per heavy atom. The van der Waals surface area contributed by atoms with E-state index in [1.54, 1.807) is 11.3 Å². The molecule has 1 aromatic carbocycles. The molecule has 126 valence electrons. The van der Waals surface area contributed by atoms with Gasteiger partial charge in [-0.3, -0.25) is 9.69 Å². The summed E-state index contributed by atoms with van der Waals surface area (Å²) in [5.41, 5.74) is 2.40. The van der Waals surface area contributed by atoms with Gasteiger partial charge >= 0.3 is 0 Å². The number of aromatic nitrogens is 1. The molecule has 1 amide bonds. The van der Waals surface area contributed by atoms with E-state index >= 15 is 0 Å². The molecule has 24 heavy (non-hydrogen) atoms. The second-order valence-electron chi connectivity index (χ2n) is 6.76. The average Bonchev–Trinajstić information content (AvgIpc) is 3.36. The van der Waals surface area contributed by atoms with Gasteiger partial charge in [0.1, 0.15) is 5.01 Å². The van der Waals surface area contributed by atoms with Gasteiger partial charge in [0.25, 0.3) is 0 Å². The highest BCUT2D eigenvalue weighted by Gasteiger charge is 2.27. The van der Waals surface area contributed by atoms with E-state index < -0.39 is 0 Å². The molecule has 1 aromatic heterocycles. The van der Waals surface area contributed by atoms with Gasteiger partial charge in [0.15, 0.2) is 0 Å². The van der Waals surface area contributed by atoms with Gasteiger partial charge in [-0.15, -0.1) is 11.3 Å². The normalized spacial score (nSPS) is 18.8. The summed E-state index contributed by atoms with van der Waals surface area (Å²) in [4.78, 5) is 21.6. The van der Waals surface area contributed by atoms with E-state index in [9.17, 15) is 4.79 Å². The molecule has 2 aromatic rings. The molecule has 1 saturated heterocycles. The monoisotopic (exact) mass is 341 g/mol. The highest BCUT2D eigenvalue weighted by molar-refractivity contribution is 7.09. The van der Waals surface area contributed by atoms with E-state index in [1.807, 2.05) is 35.2 Å². The van der Waals surface area contributed by atoms with E-state index in [2.05, 4.69) is 10.3 Å². The third-order valence-electron chi connectivity index (χ3n) is 4.85. The summed E-state index contributed by atoms with van der Waals surface area (Å²) in [6.07, 6.45) is 3.13. The highest BCUT2D eigenvalue weighted by atomic mass is 32.1. The number of hydrogen-bond acceptors (Lipinski definition) is 4. The second kappa shape index (κ2) is 7.03. The summed E-state index contributed by atoms with van der Waals surface area (Å²) >= 11 is 1.79. The fourth-order valence-corrected chi connectivity index (χ4v) is 4.11. The Hall–Kier alpha value is -1.72. The van der Waals surface area contributed by atoms with Crippen LogP contribution in [0.5, 0.6) is 0 Å². The molecule has 0 spiro atoms. The number of amides is 1. The Morgan fingerprint density at radius 3 is 2.58 bits per heavy atom. The smallest absolute Gasteiger partial charge is 0.227 e. The predicted octanol–water partition coefficient (Wildman–Crippen LogP) is 2.91. The molecule has 4 rings (SSSR count). The maximum Gasteiger partial charge on any atom is 0.227 e. The summed E-state index contributed by atoms with van der Waals surface area (Å²) < 4.78 is 0. The molecule has 0 bridgehead atoms. The van der Waals surface area contributed by atoms with E-state index in [-0.39, 0.29) is 5.91 Å². The zero-order valence-corrected chi connectivity index (χ0v) is 14.7. The van der Waals surface area contributed by atoms with E-state index in [0.29, 0.717) is 6.42 Å². The first-order valence-corrected chi connectivity index (χ1v) is 9.64. The lowest BCUT2D eigenvalue weighted by atomic mass is 10.1. The molecular formula is C19H23N3OS. The number of piperazine rings is 1. The van der Waals surface area contributed by atoms with Crippen molar-refractivity contribution in [1.82, 2.24) is 14.8 Å². The maximum atomic E-state index is 12.4. The van der Waals surface area contributed by atoms with Crippen LogP contribution in [0.1, 0.15) is 35.0 Å². The van der Waals surface area contributed by atoms with Crippen molar-refractivity contribution in [3.8, 4) is 0 Å². The first kappa shape index (κ1) is 15.8. The first-order chi connectivity index (χ1) is 11.8. The number of rotatable bonds is 5. The van der Waals surface area contributed by atoms with Crippen LogP contribution >= 0.6 is 11.3 Å². The van der Waals surface area contributed by atoms with Gasteiger partial charge in [-0.05, 0) is 18.4 Å². The average molecular weight is 341 g/mol. The number of thiazole rings is 1. The largest absolute Gasteiger partial charge is 0.340 e. The van der Waals surface area contributed by atoms with Crippen LogP contribution in [0, 0.1) is 0 Å². The summed E-state index contributed by atoms with van der Waals surface area (Å²) in [6.45, 7) is 4.47. The Morgan fingerprint density at radius 1 is 1.12 bits per heavy atom. The minimum atomic E-state index is 0.242. The molecule has 0 N–H and O–H groups in total. The topological polar surface area (TPSA) is 36.4 Å². The molecule has 4 nitrogen and oxygen atoms in total. The van der Waals surface area contributed by atoms with Crippen LogP contribution in [0.2, 0.25) is 0 Å². The molecule has 1 aliphatic carbocycles. The molecule has 0 unspecified atom stereocenters. The van der Waals surface area contributed by atoms with Crippen LogP contribution in [0.25, 0.3) is 0 Å². The van der Waals surface area contributed by atoms with Crippen LogP contribution in [0.4, 0.5) is 0 Å². The van der Waals surface area contributed by atoms with Crippen molar-refractivity contribution in [2.24, 2.45) is 0 Å². The van der Waals surface area contributed by atoms with Crippen LogP contribution in [0.15, 0.2) is 35.7 Å². The van der Waals surface area contributed by atoms with Crippen molar-refractivity contribution in [2.45, 2.75) is 31.7 Å². The predicted molar refractivity (Wildman–Crippen MR) is 96.1 cm³/mol. The van der Waals surface area contributed by atoms with Crippen molar-refractivity contribution >= 4 is 17.2 Å². The molecule has 1 aliphatic heterocycles. The number of carbonyl (C=O) groups is 1. The molecule has 2 heterocycles. The van der Waals surface area contributed by atoms with Crippen LogP contribution in [-0.4, -0.2) is 46.9 Å². The quantitative estimate of drug-likeness (QED) is 0.839. The molecule has 2 fully saturated rings. The number of nitrogens with zero attached hydrogens (tertiary/aromatic N) is 3. The maximum absolute atomic E-state index is 12.4. The van der Waals surface area contributed by atoms with Gasteiger partial charge in [0.2, 0.25) is 5.91 Å². The van der Waals surface area contributed by atoms with Gasteiger partial charge in [0.05, 0.1) is 18.7 Å². The molecule has 1 saturated carbocycles. The summed E-state index contributed by atoms with van der Waals surface area (Å²) in [7, 11) is 0. The molecule has 0 atom stereocenters. The van der Waals surface area contributed by atoms with Crippen molar-refractivity contribution in [3.63, 3.8) is 0 Å². The van der Waals surface area contributed by atoms with Gasteiger partial charge < -0.3 is 4.90 Å². The Balaban J connectivity index is 1.26. The third-order valence-corrected chi connectivity index (χ3v) is 5.70. The second-order valence-corrected chi connectivity index (χ2v) is 7.70. The minimum absolute atomic E-state index is 0.242. The number of benzene rings is 1. The molecule has 0 radical (unpaired) electrons. The zero-order chi connectivity index (χ0) is 16.4. The summed E-state index contributed by atoms with van der Waals surface area (Å²) in [5.74, 6) is 0.980. The number of carbonyl (C=O) groups excluding carboxylic acids is 1. The van der Waals surface area contributed by atoms with Crippen LogP contribution in [-0.2, 0) is 17.8 Å². The first-order valence-electron chi connectivity index (χ1n) is 8.76.